The number of carbonyl (C=O) groups is 1. The van der Waals surface area contributed by atoms with E-state index in [0.29, 0.717) is 23.9 Å². The molecular formula is C14H26N2O. The molecule has 3 heteroatoms. The first-order valence-corrected chi connectivity index (χ1v) is 7.08. The molecule has 3 nitrogen and oxygen atoms in total. The molecule has 17 heavy (non-hydrogen) atoms. The van der Waals surface area contributed by atoms with Crippen LogP contribution in [0.2, 0.25) is 0 Å². The van der Waals surface area contributed by atoms with Gasteiger partial charge in [-0.3, -0.25) is 4.79 Å². The van der Waals surface area contributed by atoms with Crippen molar-refractivity contribution in [2.45, 2.75) is 70.9 Å². The fraction of sp³-hybridized carbons (Fsp3) is 0.929. The molecule has 2 N–H and O–H groups in total. The van der Waals surface area contributed by atoms with Gasteiger partial charge in [0.2, 0.25) is 5.91 Å². The Morgan fingerprint density at radius 3 is 2.59 bits per heavy atom. The molecule has 0 heterocycles. The van der Waals surface area contributed by atoms with Crippen LogP contribution in [-0.2, 0) is 4.79 Å². The highest BCUT2D eigenvalue weighted by molar-refractivity contribution is 5.76. The molecule has 0 radical (unpaired) electrons. The zero-order valence-corrected chi connectivity index (χ0v) is 11.2. The van der Waals surface area contributed by atoms with Crippen LogP contribution in [0.3, 0.4) is 0 Å². The largest absolute Gasteiger partial charge is 0.353 e. The number of amides is 1. The Labute approximate surface area is 105 Å². The normalized spacial score (nSPS) is 27.1. The average molecular weight is 238 g/mol. The third kappa shape index (κ3) is 4.66. The van der Waals surface area contributed by atoms with Crippen LogP contribution in [0.5, 0.6) is 0 Å². The average Bonchev–Trinajstić information content (AvgIpc) is 2.98. The maximum absolute atomic E-state index is 11.5. The topological polar surface area (TPSA) is 41.1 Å². The summed E-state index contributed by atoms with van der Waals surface area (Å²) < 4.78 is 0. The van der Waals surface area contributed by atoms with Crippen LogP contribution in [0.1, 0.15) is 58.8 Å². The van der Waals surface area contributed by atoms with Crippen LogP contribution < -0.4 is 10.6 Å². The summed E-state index contributed by atoms with van der Waals surface area (Å²) >= 11 is 0. The lowest BCUT2D eigenvalue weighted by atomic mass is 9.92. The van der Waals surface area contributed by atoms with Gasteiger partial charge in [-0.15, -0.1) is 0 Å². The van der Waals surface area contributed by atoms with Crippen molar-refractivity contribution >= 4 is 5.91 Å². The molecule has 2 aliphatic rings. The predicted molar refractivity (Wildman–Crippen MR) is 69.8 cm³/mol. The van der Waals surface area contributed by atoms with Crippen molar-refractivity contribution in [1.82, 2.24) is 10.6 Å². The third-order valence-electron chi connectivity index (χ3n) is 3.92. The summed E-state index contributed by atoms with van der Waals surface area (Å²) in [6.07, 6.45) is 7.91. The molecule has 98 valence electrons. The second kappa shape index (κ2) is 5.38. The minimum absolute atomic E-state index is 0.237. The van der Waals surface area contributed by atoms with Gasteiger partial charge in [-0.05, 0) is 50.5 Å². The van der Waals surface area contributed by atoms with Gasteiger partial charge in [0, 0.05) is 18.5 Å². The first-order valence-electron chi connectivity index (χ1n) is 7.08. The molecule has 0 aromatic carbocycles. The predicted octanol–water partition coefficient (Wildman–Crippen LogP) is 2.21. The lowest BCUT2D eigenvalue weighted by Crippen LogP contribution is -2.30. The highest BCUT2D eigenvalue weighted by atomic mass is 16.1. The first-order chi connectivity index (χ1) is 8.05. The number of hydrogen-bond acceptors (Lipinski definition) is 2. The molecule has 0 saturated heterocycles. The number of nitrogens with one attached hydrogen (secondary N) is 2. The maximum Gasteiger partial charge on any atom is 0.220 e. The van der Waals surface area contributed by atoms with Crippen molar-refractivity contribution in [3.05, 3.63) is 0 Å². The summed E-state index contributed by atoms with van der Waals surface area (Å²) in [4.78, 5) is 11.5. The summed E-state index contributed by atoms with van der Waals surface area (Å²) in [6, 6.07) is 1.18. The Morgan fingerprint density at radius 1 is 1.24 bits per heavy atom. The van der Waals surface area contributed by atoms with E-state index in [4.69, 9.17) is 0 Å². The lowest BCUT2D eigenvalue weighted by Gasteiger charge is -2.17. The molecule has 2 fully saturated rings. The van der Waals surface area contributed by atoms with E-state index in [1.165, 1.54) is 32.1 Å². The minimum Gasteiger partial charge on any atom is -0.353 e. The van der Waals surface area contributed by atoms with Crippen molar-refractivity contribution in [1.29, 1.82) is 0 Å². The van der Waals surface area contributed by atoms with Crippen LogP contribution in [0.4, 0.5) is 0 Å². The molecule has 1 amide bonds. The van der Waals surface area contributed by atoms with E-state index in [0.717, 1.165) is 13.0 Å². The quantitative estimate of drug-likeness (QED) is 0.697. The Bertz CT molecular complexity index is 271. The zero-order chi connectivity index (χ0) is 12.3. The van der Waals surface area contributed by atoms with Crippen LogP contribution in [0, 0.1) is 5.41 Å². The van der Waals surface area contributed by atoms with Crippen molar-refractivity contribution < 1.29 is 4.79 Å². The van der Waals surface area contributed by atoms with Gasteiger partial charge < -0.3 is 10.6 Å². The monoisotopic (exact) mass is 238 g/mol. The fourth-order valence-electron chi connectivity index (χ4n) is 2.69. The SMILES string of the molecule is CC1(C)CCC(NCCCC(=O)NC2CC2)C1. The Balaban J connectivity index is 1.50. The van der Waals surface area contributed by atoms with Gasteiger partial charge in [-0.25, -0.2) is 0 Å². The molecule has 2 saturated carbocycles. The second-order valence-corrected chi connectivity index (χ2v) is 6.50. The summed E-state index contributed by atoms with van der Waals surface area (Å²) in [5, 5.41) is 6.61. The third-order valence-corrected chi connectivity index (χ3v) is 3.92. The Hall–Kier alpha value is -0.570. The number of hydrogen-bond donors (Lipinski definition) is 2. The van der Waals surface area contributed by atoms with E-state index in [1.54, 1.807) is 0 Å². The first kappa shape index (κ1) is 12.9. The highest BCUT2D eigenvalue weighted by Gasteiger charge is 2.30. The van der Waals surface area contributed by atoms with Gasteiger partial charge in [0.05, 0.1) is 0 Å². The number of carbonyl (C=O) groups excluding carboxylic acids is 1. The second-order valence-electron chi connectivity index (χ2n) is 6.50. The molecule has 0 bridgehead atoms. The zero-order valence-electron chi connectivity index (χ0n) is 11.2. The van der Waals surface area contributed by atoms with E-state index < -0.39 is 0 Å². The van der Waals surface area contributed by atoms with Crippen molar-refractivity contribution in [2.75, 3.05) is 6.54 Å². The summed E-state index contributed by atoms with van der Waals surface area (Å²) in [6.45, 7) is 5.67. The molecular weight excluding hydrogens is 212 g/mol. The van der Waals surface area contributed by atoms with Gasteiger partial charge >= 0.3 is 0 Å². The number of rotatable bonds is 6. The minimum atomic E-state index is 0.237. The molecule has 2 rings (SSSR count). The smallest absolute Gasteiger partial charge is 0.220 e. The van der Waals surface area contributed by atoms with Gasteiger partial charge in [-0.2, -0.15) is 0 Å². The van der Waals surface area contributed by atoms with Crippen molar-refractivity contribution in [3.63, 3.8) is 0 Å². The fourth-order valence-corrected chi connectivity index (χ4v) is 2.69. The summed E-state index contributed by atoms with van der Waals surface area (Å²) in [5.74, 6) is 0.237. The molecule has 1 unspecified atom stereocenters. The van der Waals surface area contributed by atoms with E-state index in [-0.39, 0.29) is 5.91 Å². The maximum atomic E-state index is 11.5. The van der Waals surface area contributed by atoms with Crippen LogP contribution >= 0.6 is 0 Å². The van der Waals surface area contributed by atoms with Crippen LogP contribution in [0.15, 0.2) is 0 Å². The molecule has 0 aromatic rings. The van der Waals surface area contributed by atoms with Crippen molar-refractivity contribution in [3.8, 4) is 0 Å². The highest BCUT2D eigenvalue weighted by Crippen LogP contribution is 2.36. The van der Waals surface area contributed by atoms with Gasteiger partial charge in [0.1, 0.15) is 0 Å². The Kier molecular flexibility index (Phi) is 4.08. The molecule has 1 atom stereocenters. The van der Waals surface area contributed by atoms with E-state index in [1.807, 2.05) is 0 Å². The van der Waals surface area contributed by atoms with E-state index in [2.05, 4.69) is 24.5 Å². The molecule has 0 aliphatic heterocycles. The van der Waals surface area contributed by atoms with Crippen LogP contribution in [0.25, 0.3) is 0 Å². The van der Waals surface area contributed by atoms with E-state index in [9.17, 15) is 4.79 Å². The summed E-state index contributed by atoms with van der Waals surface area (Å²) in [5.41, 5.74) is 0.515. The lowest BCUT2D eigenvalue weighted by molar-refractivity contribution is -0.121. The summed E-state index contributed by atoms with van der Waals surface area (Å²) in [7, 11) is 0. The molecule has 2 aliphatic carbocycles. The van der Waals surface area contributed by atoms with Crippen molar-refractivity contribution in [2.24, 2.45) is 5.41 Å². The van der Waals surface area contributed by atoms with Gasteiger partial charge in [-0.1, -0.05) is 13.8 Å². The van der Waals surface area contributed by atoms with E-state index >= 15 is 0 Å². The van der Waals surface area contributed by atoms with Gasteiger partial charge in [0.25, 0.3) is 0 Å². The molecule has 0 spiro atoms. The van der Waals surface area contributed by atoms with Gasteiger partial charge in [0.15, 0.2) is 0 Å². The standard InChI is InChI=1S/C14H26N2O/c1-14(2)8-7-12(10-14)15-9-3-4-13(17)16-11-5-6-11/h11-12,15H,3-10H2,1-2H3,(H,16,17). The van der Waals surface area contributed by atoms with Crippen LogP contribution in [-0.4, -0.2) is 24.5 Å². The Morgan fingerprint density at radius 2 is 2.00 bits per heavy atom. The molecule has 0 aromatic heterocycles.